The first-order valence-electron chi connectivity index (χ1n) is 4.26. The molecule has 13 heavy (non-hydrogen) atoms. The molecule has 1 aliphatic heterocycles. The van der Waals surface area contributed by atoms with E-state index in [-0.39, 0.29) is 6.10 Å². The van der Waals surface area contributed by atoms with E-state index in [0.29, 0.717) is 0 Å². The lowest BCUT2D eigenvalue weighted by Crippen LogP contribution is -2.29. The summed E-state index contributed by atoms with van der Waals surface area (Å²) in [5.41, 5.74) is -1.01. The minimum atomic E-state index is -1.01. The molecule has 0 N–H and O–H groups in total. The van der Waals surface area contributed by atoms with Crippen LogP contribution in [0.2, 0.25) is 0 Å². The summed E-state index contributed by atoms with van der Waals surface area (Å²) in [6.07, 6.45) is 0.933. The summed E-state index contributed by atoms with van der Waals surface area (Å²) < 4.78 is 5.18. The van der Waals surface area contributed by atoms with Crippen LogP contribution in [0.4, 0.5) is 0 Å². The normalized spacial score (nSPS) is 22.4. The maximum Gasteiger partial charge on any atom is 0.326 e. The molecule has 0 amide bonds. The molecule has 1 saturated heterocycles. The van der Waals surface area contributed by atoms with Crippen LogP contribution in [0.3, 0.4) is 0 Å². The molecule has 3 nitrogen and oxygen atoms in total. The first-order chi connectivity index (χ1) is 6.06. The molecule has 4 heteroatoms. The molecule has 0 aliphatic carbocycles. The molecule has 1 atom stereocenters. The summed E-state index contributed by atoms with van der Waals surface area (Å²) in [7, 11) is 0. The van der Waals surface area contributed by atoms with Gasteiger partial charge in [0.2, 0.25) is 0 Å². The fraction of sp³-hybridized carbons (Fsp3) is 0.778. The Balaban J connectivity index is 2.45. The molecule has 0 aromatic heterocycles. The van der Waals surface area contributed by atoms with Gasteiger partial charge in [0, 0.05) is 5.75 Å². The standard InChI is InChI=1S/C9H13NO2S/c1-9(2,6-10)8(11)12-7-3-4-13-5-7/h7H,3-5H2,1-2H3. The average molecular weight is 199 g/mol. The van der Waals surface area contributed by atoms with E-state index in [1.54, 1.807) is 25.6 Å². The van der Waals surface area contributed by atoms with Crippen LogP contribution in [0, 0.1) is 16.7 Å². The molecule has 1 heterocycles. The van der Waals surface area contributed by atoms with Crippen molar-refractivity contribution in [1.82, 2.24) is 0 Å². The molecule has 1 fully saturated rings. The van der Waals surface area contributed by atoms with Crippen LogP contribution in [0.1, 0.15) is 20.3 Å². The van der Waals surface area contributed by atoms with Gasteiger partial charge in [0.1, 0.15) is 11.5 Å². The third-order valence-electron chi connectivity index (χ3n) is 1.95. The van der Waals surface area contributed by atoms with Gasteiger partial charge < -0.3 is 4.74 Å². The highest BCUT2D eigenvalue weighted by molar-refractivity contribution is 7.99. The summed E-state index contributed by atoms with van der Waals surface area (Å²) in [6.45, 7) is 3.16. The smallest absolute Gasteiger partial charge is 0.326 e. The summed E-state index contributed by atoms with van der Waals surface area (Å²) >= 11 is 1.78. The van der Waals surface area contributed by atoms with Crippen LogP contribution >= 0.6 is 11.8 Å². The number of nitrogens with zero attached hydrogens (tertiary/aromatic N) is 1. The second kappa shape index (κ2) is 4.01. The summed E-state index contributed by atoms with van der Waals surface area (Å²) in [4.78, 5) is 11.4. The first-order valence-corrected chi connectivity index (χ1v) is 5.42. The maximum absolute atomic E-state index is 11.4. The molecule has 1 unspecified atom stereocenters. The van der Waals surface area contributed by atoms with Gasteiger partial charge in [-0.15, -0.1) is 0 Å². The lowest BCUT2D eigenvalue weighted by Gasteiger charge is -2.17. The zero-order valence-corrected chi connectivity index (χ0v) is 8.69. The van der Waals surface area contributed by atoms with Crippen molar-refractivity contribution in [2.45, 2.75) is 26.4 Å². The highest BCUT2D eigenvalue weighted by atomic mass is 32.2. The Kier molecular flexibility index (Phi) is 3.21. The minimum Gasteiger partial charge on any atom is -0.460 e. The number of esters is 1. The van der Waals surface area contributed by atoms with Crippen molar-refractivity contribution in [1.29, 1.82) is 5.26 Å². The van der Waals surface area contributed by atoms with Crippen molar-refractivity contribution in [3.05, 3.63) is 0 Å². The SMILES string of the molecule is CC(C)(C#N)C(=O)OC1CCSC1. The summed E-state index contributed by atoms with van der Waals surface area (Å²) in [5, 5.41) is 8.68. The molecule has 0 aromatic rings. The van der Waals surface area contributed by atoms with E-state index < -0.39 is 11.4 Å². The van der Waals surface area contributed by atoms with Gasteiger partial charge in [-0.2, -0.15) is 17.0 Å². The molecule has 1 rings (SSSR count). The number of hydrogen-bond donors (Lipinski definition) is 0. The third-order valence-corrected chi connectivity index (χ3v) is 3.08. The summed E-state index contributed by atoms with van der Waals surface area (Å²) in [6, 6.07) is 1.93. The van der Waals surface area contributed by atoms with Crippen molar-refractivity contribution < 1.29 is 9.53 Å². The number of thioether (sulfide) groups is 1. The van der Waals surface area contributed by atoms with E-state index in [2.05, 4.69) is 0 Å². The highest BCUT2D eigenvalue weighted by Gasteiger charge is 2.32. The van der Waals surface area contributed by atoms with E-state index in [4.69, 9.17) is 10.00 Å². The monoisotopic (exact) mass is 199 g/mol. The van der Waals surface area contributed by atoms with Crippen LogP contribution in [-0.4, -0.2) is 23.6 Å². The van der Waals surface area contributed by atoms with Crippen LogP contribution in [0.15, 0.2) is 0 Å². The first kappa shape index (κ1) is 10.4. The molecule has 0 saturated carbocycles. The zero-order valence-electron chi connectivity index (χ0n) is 7.87. The van der Waals surface area contributed by atoms with Crippen LogP contribution in [-0.2, 0) is 9.53 Å². The van der Waals surface area contributed by atoms with E-state index in [1.807, 2.05) is 6.07 Å². The fourth-order valence-electron chi connectivity index (χ4n) is 0.950. The second-order valence-electron chi connectivity index (χ2n) is 3.63. The number of ether oxygens (including phenoxy) is 1. The Morgan fingerprint density at radius 1 is 1.69 bits per heavy atom. The Hall–Kier alpha value is -0.690. The predicted molar refractivity (Wildman–Crippen MR) is 51.2 cm³/mol. The molecule has 0 bridgehead atoms. The molecular formula is C9H13NO2S. The quantitative estimate of drug-likeness (QED) is 0.634. The van der Waals surface area contributed by atoms with Gasteiger partial charge in [0.15, 0.2) is 0 Å². The Bertz CT molecular complexity index is 238. The van der Waals surface area contributed by atoms with Crippen molar-refractivity contribution >= 4 is 17.7 Å². The van der Waals surface area contributed by atoms with Crippen molar-refractivity contribution in [2.75, 3.05) is 11.5 Å². The lowest BCUT2D eigenvalue weighted by molar-refractivity contribution is -0.155. The average Bonchev–Trinajstić information content (AvgIpc) is 2.57. The van der Waals surface area contributed by atoms with Crippen molar-refractivity contribution in [3.8, 4) is 6.07 Å². The lowest BCUT2D eigenvalue weighted by atomic mass is 9.96. The van der Waals surface area contributed by atoms with Gasteiger partial charge in [-0.3, -0.25) is 4.79 Å². The van der Waals surface area contributed by atoms with Gasteiger partial charge >= 0.3 is 5.97 Å². The van der Waals surface area contributed by atoms with Gasteiger partial charge in [0.05, 0.1) is 6.07 Å². The van der Waals surface area contributed by atoms with Gasteiger partial charge in [-0.25, -0.2) is 0 Å². The van der Waals surface area contributed by atoms with Gasteiger partial charge in [-0.05, 0) is 26.0 Å². The van der Waals surface area contributed by atoms with E-state index in [1.165, 1.54) is 0 Å². The minimum absolute atomic E-state index is 0.0186. The number of rotatable bonds is 2. The molecule has 0 spiro atoms. The molecule has 1 aliphatic rings. The zero-order chi connectivity index (χ0) is 9.90. The maximum atomic E-state index is 11.4. The predicted octanol–water partition coefficient (Wildman–Crippen LogP) is 1.58. The highest BCUT2D eigenvalue weighted by Crippen LogP contribution is 2.23. The van der Waals surface area contributed by atoms with E-state index in [0.717, 1.165) is 17.9 Å². The number of carbonyl (C=O) groups excluding carboxylic acids is 1. The van der Waals surface area contributed by atoms with Crippen LogP contribution in [0.25, 0.3) is 0 Å². The summed E-state index contributed by atoms with van der Waals surface area (Å²) in [5.74, 6) is 1.51. The Morgan fingerprint density at radius 3 is 2.85 bits per heavy atom. The molecular weight excluding hydrogens is 186 g/mol. The second-order valence-corrected chi connectivity index (χ2v) is 4.78. The van der Waals surface area contributed by atoms with Crippen molar-refractivity contribution in [2.24, 2.45) is 5.41 Å². The fourth-order valence-corrected chi connectivity index (χ4v) is 2.04. The topological polar surface area (TPSA) is 50.1 Å². The van der Waals surface area contributed by atoms with Crippen molar-refractivity contribution in [3.63, 3.8) is 0 Å². The Morgan fingerprint density at radius 2 is 2.38 bits per heavy atom. The number of hydrogen-bond acceptors (Lipinski definition) is 4. The Labute approximate surface area is 82.4 Å². The number of carbonyl (C=O) groups is 1. The van der Waals surface area contributed by atoms with Crippen LogP contribution < -0.4 is 0 Å². The third kappa shape index (κ3) is 2.63. The van der Waals surface area contributed by atoms with E-state index >= 15 is 0 Å². The number of nitriles is 1. The largest absolute Gasteiger partial charge is 0.460 e. The molecule has 0 aromatic carbocycles. The van der Waals surface area contributed by atoms with Crippen LogP contribution in [0.5, 0.6) is 0 Å². The van der Waals surface area contributed by atoms with Gasteiger partial charge in [-0.1, -0.05) is 0 Å². The van der Waals surface area contributed by atoms with Gasteiger partial charge in [0.25, 0.3) is 0 Å². The molecule has 72 valence electrons. The molecule has 0 radical (unpaired) electrons. The van der Waals surface area contributed by atoms with E-state index in [9.17, 15) is 4.79 Å².